The van der Waals surface area contributed by atoms with Crippen LogP contribution in [0.3, 0.4) is 0 Å². The molecule has 17 heavy (non-hydrogen) atoms. The average Bonchev–Trinajstić information content (AvgIpc) is 2.29. The molecule has 1 saturated heterocycles. The molecule has 0 saturated carbocycles. The number of hydrogen-bond donors (Lipinski definition) is 1. The number of hydrogen-bond acceptors (Lipinski definition) is 1. The van der Waals surface area contributed by atoms with Gasteiger partial charge in [-0.2, -0.15) is 0 Å². The minimum Gasteiger partial charge on any atom is -0.317 e. The highest BCUT2D eigenvalue weighted by Crippen LogP contribution is 2.43. The number of halogens is 4. The maximum Gasteiger partial charge on any atom is 0.277 e. The van der Waals surface area contributed by atoms with E-state index in [2.05, 4.69) is 5.32 Å². The van der Waals surface area contributed by atoms with E-state index in [0.29, 0.717) is 25.9 Å². The molecule has 1 heterocycles. The Bertz CT molecular complexity index is 403. The topological polar surface area (TPSA) is 12.0 Å². The van der Waals surface area contributed by atoms with E-state index < -0.39 is 17.7 Å². The number of rotatable bonds is 2. The average molecular weight is 264 g/mol. The van der Waals surface area contributed by atoms with E-state index in [0.717, 1.165) is 18.2 Å². The molecule has 0 atom stereocenters. The lowest BCUT2D eigenvalue weighted by molar-refractivity contribution is -0.0752. The lowest BCUT2D eigenvalue weighted by Gasteiger charge is -2.31. The molecular weight excluding hydrogens is 251 g/mol. The monoisotopic (exact) mass is 263 g/mol. The van der Waals surface area contributed by atoms with Crippen molar-refractivity contribution in [1.82, 2.24) is 5.32 Å². The standard InChI is InChI=1S/C12H13ClF3N/c13-11-7-9(14)1-2-10(11)12(15,16)8-3-5-17-6-4-8/h1-2,7-8,17H,3-6H2. The summed E-state index contributed by atoms with van der Waals surface area (Å²) in [5.74, 6) is -4.32. The minimum absolute atomic E-state index is 0.200. The van der Waals surface area contributed by atoms with Crippen LogP contribution in [0.1, 0.15) is 18.4 Å². The molecule has 1 aliphatic heterocycles. The van der Waals surface area contributed by atoms with E-state index in [1.165, 1.54) is 0 Å². The second kappa shape index (κ2) is 4.86. The highest BCUT2D eigenvalue weighted by molar-refractivity contribution is 6.31. The van der Waals surface area contributed by atoms with Gasteiger partial charge in [0.2, 0.25) is 0 Å². The van der Waals surface area contributed by atoms with Crippen LogP contribution >= 0.6 is 11.6 Å². The number of benzene rings is 1. The van der Waals surface area contributed by atoms with Crippen molar-refractivity contribution in [2.75, 3.05) is 13.1 Å². The summed E-state index contributed by atoms with van der Waals surface area (Å²) in [6, 6.07) is 3.04. The Morgan fingerprint density at radius 2 is 1.88 bits per heavy atom. The van der Waals surface area contributed by atoms with Crippen molar-refractivity contribution in [3.05, 3.63) is 34.6 Å². The molecule has 1 fully saturated rings. The van der Waals surface area contributed by atoms with E-state index in [1.54, 1.807) is 0 Å². The van der Waals surface area contributed by atoms with Crippen LogP contribution in [0.5, 0.6) is 0 Å². The molecule has 0 aromatic heterocycles. The zero-order valence-corrected chi connectivity index (χ0v) is 9.91. The summed E-state index contributed by atoms with van der Waals surface area (Å²) in [4.78, 5) is 0. The molecule has 0 bridgehead atoms. The molecule has 0 aliphatic carbocycles. The maximum absolute atomic E-state index is 14.2. The van der Waals surface area contributed by atoms with Crippen molar-refractivity contribution in [3.63, 3.8) is 0 Å². The lowest BCUT2D eigenvalue weighted by atomic mass is 9.87. The van der Waals surface area contributed by atoms with Gasteiger partial charge in [-0.25, -0.2) is 13.2 Å². The van der Waals surface area contributed by atoms with E-state index in [-0.39, 0.29) is 10.6 Å². The van der Waals surface area contributed by atoms with Crippen molar-refractivity contribution < 1.29 is 13.2 Å². The minimum atomic E-state index is -2.99. The maximum atomic E-state index is 14.2. The fraction of sp³-hybridized carbons (Fsp3) is 0.500. The highest BCUT2D eigenvalue weighted by Gasteiger charge is 2.42. The van der Waals surface area contributed by atoms with Gasteiger partial charge in [0.1, 0.15) is 5.82 Å². The van der Waals surface area contributed by atoms with E-state index >= 15 is 0 Å². The van der Waals surface area contributed by atoms with Crippen molar-refractivity contribution >= 4 is 11.6 Å². The molecule has 1 nitrogen and oxygen atoms in total. The van der Waals surface area contributed by atoms with Crippen LogP contribution < -0.4 is 5.32 Å². The molecule has 1 aliphatic rings. The zero-order valence-electron chi connectivity index (χ0n) is 9.15. The molecule has 94 valence electrons. The Labute approximate surface area is 103 Å². The van der Waals surface area contributed by atoms with Crippen LogP contribution in [0, 0.1) is 11.7 Å². The van der Waals surface area contributed by atoms with Crippen LogP contribution in [0.2, 0.25) is 5.02 Å². The van der Waals surface area contributed by atoms with Gasteiger partial charge in [0.15, 0.2) is 0 Å². The quantitative estimate of drug-likeness (QED) is 0.860. The molecule has 1 aromatic carbocycles. The first-order valence-electron chi connectivity index (χ1n) is 5.56. The van der Waals surface area contributed by atoms with Crippen molar-refractivity contribution in [2.24, 2.45) is 5.92 Å². The molecule has 0 radical (unpaired) electrons. The molecule has 0 amide bonds. The summed E-state index contributed by atoms with van der Waals surface area (Å²) in [6.07, 6.45) is 0.807. The third-order valence-corrected chi connectivity index (χ3v) is 3.45. The predicted octanol–water partition coefficient (Wildman–Crippen LogP) is 3.57. The van der Waals surface area contributed by atoms with Gasteiger partial charge < -0.3 is 5.32 Å². The summed E-state index contributed by atoms with van der Waals surface area (Å²) >= 11 is 5.70. The third-order valence-electron chi connectivity index (χ3n) is 3.14. The first-order valence-corrected chi connectivity index (χ1v) is 5.93. The first-order chi connectivity index (χ1) is 8.01. The van der Waals surface area contributed by atoms with Gasteiger partial charge in [0.25, 0.3) is 5.92 Å². The van der Waals surface area contributed by atoms with Crippen LogP contribution in [-0.4, -0.2) is 13.1 Å². The summed E-state index contributed by atoms with van der Waals surface area (Å²) in [5.41, 5.74) is -0.271. The molecule has 5 heteroatoms. The summed E-state index contributed by atoms with van der Waals surface area (Å²) in [6.45, 7) is 1.16. The molecule has 0 spiro atoms. The van der Waals surface area contributed by atoms with Gasteiger partial charge in [-0.1, -0.05) is 11.6 Å². The molecule has 1 aromatic rings. The molecular formula is C12H13ClF3N. The Morgan fingerprint density at radius 1 is 1.24 bits per heavy atom. The lowest BCUT2D eigenvalue weighted by Crippen LogP contribution is -2.36. The van der Waals surface area contributed by atoms with E-state index in [4.69, 9.17) is 11.6 Å². The second-order valence-electron chi connectivity index (χ2n) is 4.27. The second-order valence-corrected chi connectivity index (χ2v) is 4.68. The van der Waals surface area contributed by atoms with Gasteiger partial charge >= 0.3 is 0 Å². The predicted molar refractivity (Wildman–Crippen MR) is 60.9 cm³/mol. The third kappa shape index (κ3) is 2.58. The van der Waals surface area contributed by atoms with Crippen molar-refractivity contribution in [2.45, 2.75) is 18.8 Å². The zero-order chi connectivity index (χ0) is 12.5. The molecule has 0 unspecified atom stereocenters. The molecule has 2 rings (SSSR count). The van der Waals surface area contributed by atoms with Gasteiger partial charge in [0, 0.05) is 11.5 Å². The van der Waals surface area contributed by atoms with Crippen molar-refractivity contribution in [3.8, 4) is 0 Å². The summed E-state index contributed by atoms with van der Waals surface area (Å²) in [7, 11) is 0. The Morgan fingerprint density at radius 3 is 2.47 bits per heavy atom. The highest BCUT2D eigenvalue weighted by atomic mass is 35.5. The van der Waals surface area contributed by atoms with E-state index in [1.807, 2.05) is 0 Å². The van der Waals surface area contributed by atoms with Crippen LogP contribution in [0.15, 0.2) is 18.2 Å². The molecule has 1 N–H and O–H groups in total. The Kier molecular flexibility index (Phi) is 3.64. The van der Waals surface area contributed by atoms with Crippen molar-refractivity contribution in [1.29, 1.82) is 0 Å². The fourth-order valence-corrected chi connectivity index (χ4v) is 2.46. The van der Waals surface area contributed by atoms with Gasteiger partial charge in [-0.3, -0.25) is 0 Å². The first kappa shape index (κ1) is 12.7. The van der Waals surface area contributed by atoms with Gasteiger partial charge in [-0.15, -0.1) is 0 Å². The fourth-order valence-electron chi connectivity index (χ4n) is 2.16. The van der Waals surface area contributed by atoms with Gasteiger partial charge in [0.05, 0.1) is 5.02 Å². The van der Waals surface area contributed by atoms with Crippen LogP contribution in [0.4, 0.5) is 13.2 Å². The van der Waals surface area contributed by atoms with Crippen LogP contribution in [0.25, 0.3) is 0 Å². The van der Waals surface area contributed by atoms with Gasteiger partial charge in [-0.05, 0) is 44.1 Å². The SMILES string of the molecule is Fc1ccc(C(F)(F)C2CCNCC2)c(Cl)c1. The smallest absolute Gasteiger partial charge is 0.277 e. The Balaban J connectivity index is 2.29. The normalized spacial score (nSPS) is 18.4. The number of nitrogens with one attached hydrogen (secondary N) is 1. The Hall–Kier alpha value is -0.740. The van der Waals surface area contributed by atoms with E-state index in [9.17, 15) is 13.2 Å². The summed E-state index contributed by atoms with van der Waals surface area (Å²) in [5, 5.41) is 2.84. The largest absolute Gasteiger partial charge is 0.317 e. The summed E-state index contributed by atoms with van der Waals surface area (Å²) < 4.78 is 41.2. The van der Waals surface area contributed by atoms with Crippen LogP contribution in [-0.2, 0) is 5.92 Å². The number of alkyl halides is 2. The number of piperidine rings is 1.